The first-order chi connectivity index (χ1) is 16.6. The Kier molecular flexibility index (Phi) is 6.66. The maximum absolute atomic E-state index is 14.0. The van der Waals surface area contributed by atoms with E-state index in [4.69, 9.17) is 9.72 Å². The van der Waals surface area contributed by atoms with Crippen LogP contribution in [0.3, 0.4) is 0 Å². The van der Waals surface area contributed by atoms with E-state index in [2.05, 4.69) is 15.3 Å². The lowest BCUT2D eigenvalue weighted by Gasteiger charge is -2.34. The van der Waals surface area contributed by atoms with Gasteiger partial charge in [0.25, 0.3) is 5.91 Å². The molecule has 3 heterocycles. The Morgan fingerprint density at radius 3 is 2.56 bits per heavy atom. The van der Waals surface area contributed by atoms with Crippen LogP contribution in [-0.2, 0) is 6.54 Å². The monoisotopic (exact) mass is 494 g/mol. The minimum absolute atomic E-state index is 0.0461. The molecule has 1 aliphatic rings. The van der Waals surface area contributed by atoms with Gasteiger partial charge < -0.3 is 9.64 Å². The first-order valence-corrected chi connectivity index (χ1v) is 12.6. The molecule has 0 unspecified atom stereocenters. The number of halogens is 1. The molecule has 174 valence electrons. The lowest BCUT2D eigenvalue weighted by atomic mass is 10.2. The smallest absolute Gasteiger partial charge is 0.265 e. The van der Waals surface area contributed by atoms with Crippen molar-refractivity contribution in [1.29, 1.82) is 0 Å². The molecule has 9 heteroatoms. The highest BCUT2D eigenvalue weighted by molar-refractivity contribution is 7.16. The van der Waals surface area contributed by atoms with Crippen LogP contribution in [0.1, 0.15) is 15.4 Å². The third-order valence-electron chi connectivity index (χ3n) is 5.75. The largest absolute Gasteiger partial charge is 0.497 e. The van der Waals surface area contributed by atoms with Crippen LogP contribution < -0.4 is 4.74 Å². The number of carbonyl (C=O) groups excluding carboxylic acids is 1. The van der Waals surface area contributed by atoms with E-state index in [1.165, 1.54) is 17.4 Å². The Labute approximate surface area is 205 Å². The SMILES string of the molecule is COc1ccc(-c2nc(CN3CCN(C(=O)c4cnc(-c5ccccc5F)s4)CC3)cs2)cc1. The molecular weight excluding hydrogens is 471 g/mol. The van der Waals surface area contributed by atoms with Crippen LogP contribution in [0, 0.1) is 5.82 Å². The van der Waals surface area contributed by atoms with Crippen molar-refractivity contribution in [2.24, 2.45) is 0 Å². The molecule has 6 nitrogen and oxygen atoms in total. The molecule has 0 aliphatic carbocycles. The second kappa shape index (κ2) is 10.0. The van der Waals surface area contributed by atoms with E-state index in [9.17, 15) is 9.18 Å². The van der Waals surface area contributed by atoms with E-state index in [1.54, 1.807) is 42.8 Å². The lowest BCUT2D eigenvalue weighted by Crippen LogP contribution is -2.48. The van der Waals surface area contributed by atoms with Crippen molar-refractivity contribution in [2.45, 2.75) is 6.54 Å². The van der Waals surface area contributed by atoms with Gasteiger partial charge in [-0.05, 0) is 36.4 Å². The number of piperazine rings is 1. The summed E-state index contributed by atoms with van der Waals surface area (Å²) in [4.78, 5) is 26.7. The molecule has 0 atom stereocenters. The van der Waals surface area contributed by atoms with Crippen molar-refractivity contribution in [1.82, 2.24) is 19.8 Å². The molecule has 1 amide bonds. The average Bonchev–Trinajstić information content (AvgIpc) is 3.55. The number of methoxy groups -OCH3 is 1. The third kappa shape index (κ3) is 4.86. The van der Waals surface area contributed by atoms with Gasteiger partial charge in [0.2, 0.25) is 0 Å². The van der Waals surface area contributed by atoms with Crippen LogP contribution in [0.5, 0.6) is 5.75 Å². The summed E-state index contributed by atoms with van der Waals surface area (Å²) in [5, 5.41) is 3.61. The van der Waals surface area contributed by atoms with Crippen molar-refractivity contribution in [2.75, 3.05) is 33.3 Å². The number of amides is 1. The molecule has 0 spiro atoms. The number of thiazole rings is 2. The lowest BCUT2D eigenvalue weighted by molar-refractivity contribution is 0.0632. The van der Waals surface area contributed by atoms with Crippen molar-refractivity contribution >= 4 is 28.6 Å². The zero-order chi connectivity index (χ0) is 23.5. The van der Waals surface area contributed by atoms with Gasteiger partial charge in [-0.1, -0.05) is 12.1 Å². The fourth-order valence-corrected chi connectivity index (χ4v) is 5.60. The van der Waals surface area contributed by atoms with E-state index < -0.39 is 0 Å². The van der Waals surface area contributed by atoms with E-state index in [0.717, 1.165) is 41.6 Å². The molecule has 0 radical (unpaired) electrons. The molecule has 2 aromatic carbocycles. The molecule has 4 aromatic rings. The number of hydrogen-bond donors (Lipinski definition) is 0. The Hall–Kier alpha value is -3.14. The summed E-state index contributed by atoms with van der Waals surface area (Å²) in [6.07, 6.45) is 1.55. The van der Waals surface area contributed by atoms with E-state index in [1.807, 2.05) is 29.2 Å². The second-order valence-corrected chi connectivity index (χ2v) is 9.84. The molecular formula is C25H23FN4O2S2. The molecule has 0 bridgehead atoms. The maximum atomic E-state index is 14.0. The van der Waals surface area contributed by atoms with Crippen molar-refractivity contribution in [3.8, 4) is 26.9 Å². The molecule has 1 fully saturated rings. The molecule has 1 aliphatic heterocycles. The zero-order valence-corrected chi connectivity index (χ0v) is 20.2. The summed E-state index contributed by atoms with van der Waals surface area (Å²) in [5.74, 6) is 0.451. The van der Waals surface area contributed by atoms with Crippen molar-refractivity contribution in [3.05, 3.63) is 76.5 Å². The normalized spacial score (nSPS) is 14.4. The van der Waals surface area contributed by atoms with Crippen molar-refractivity contribution < 1.29 is 13.9 Å². The van der Waals surface area contributed by atoms with E-state index >= 15 is 0 Å². The van der Waals surface area contributed by atoms with Gasteiger partial charge in [-0.2, -0.15) is 0 Å². The van der Waals surface area contributed by atoms with Gasteiger partial charge >= 0.3 is 0 Å². The van der Waals surface area contributed by atoms with E-state index in [-0.39, 0.29) is 11.7 Å². The standard InChI is InChI=1S/C25H23FN4O2S2/c1-32-19-8-6-17(7-9-19)23-28-18(16-33-23)15-29-10-12-30(13-11-29)25(31)22-14-27-24(34-22)20-4-2-3-5-21(20)26/h2-9,14,16H,10-13,15H2,1H3. The molecule has 0 saturated carbocycles. The van der Waals surface area contributed by atoms with Crippen LogP contribution >= 0.6 is 22.7 Å². The number of carbonyl (C=O) groups is 1. The summed E-state index contributed by atoms with van der Waals surface area (Å²) in [6.45, 7) is 3.59. The Morgan fingerprint density at radius 1 is 1.06 bits per heavy atom. The highest BCUT2D eigenvalue weighted by Crippen LogP contribution is 2.29. The van der Waals surface area contributed by atoms with Crippen LogP contribution in [0.2, 0.25) is 0 Å². The summed E-state index contributed by atoms with van der Waals surface area (Å²) in [7, 11) is 1.66. The minimum Gasteiger partial charge on any atom is -0.497 e. The van der Waals surface area contributed by atoms with Gasteiger partial charge in [0.15, 0.2) is 0 Å². The molecule has 0 N–H and O–H groups in total. The van der Waals surface area contributed by atoms with Gasteiger partial charge in [-0.25, -0.2) is 14.4 Å². The quantitative estimate of drug-likeness (QED) is 0.376. The summed E-state index contributed by atoms with van der Waals surface area (Å²) in [5.41, 5.74) is 2.54. The fraction of sp³-hybridized carbons (Fsp3) is 0.240. The van der Waals surface area contributed by atoms with Crippen LogP contribution in [0.15, 0.2) is 60.1 Å². The first kappa shape index (κ1) is 22.6. The number of ether oxygens (including phenoxy) is 1. The van der Waals surface area contributed by atoms with Gasteiger partial charge in [0.05, 0.1) is 19.0 Å². The summed E-state index contributed by atoms with van der Waals surface area (Å²) >= 11 is 2.87. The maximum Gasteiger partial charge on any atom is 0.265 e. The predicted octanol–water partition coefficient (Wildman–Crippen LogP) is 5.04. The highest BCUT2D eigenvalue weighted by Gasteiger charge is 2.24. The number of nitrogens with zero attached hydrogens (tertiary/aromatic N) is 4. The average molecular weight is 495 g/mol. The molecule has 34 heavy (non-hydrogen) atoms. The third-order valence-corrected chi connectivity index (χ3v) is 7.71. The summed E-state index contributed by atoms with van der Waals surface area (Å²) in [6, 6.07) is 14.4. The number of aromatic nitrogens is 2. The minimum atomic E-state index is -0.332. The van der Waals surface area contributed by atoms with Crippen molar-refractivity contribution in [3.63, 3.8) is 0 Å². The van der Waals surface area contributed by atoms with Gasteiger partial charge in [0, 0.05) is 49.2 Å². The number of hydrogen-bond acceptors (Lipinski definition) is 7. The zero-order valence-electron chi connectivity index (χ0n) is 18.6. The van der Waals surface area contributed by atoms with Crippen LogP contribution in [0.4, 0.5) is 4.39 Å². The Bertz CT molecular complexity index is 1280. The fourth-order valence-electron chi connectivity index (χ4n) is 3.87. The Balaban J connectivity index is 1.17. The van der Waals surface area contributed by atoms with Gasteiger partial charge in [0.1, 0.15) is 26.5 Å². The highest BCUT2D eigenvalue weighted by atomic mass is 32.1. The van der Waals surface area contributed by atoms with Crippen LogP contribution in [0.25, 0.3) is 21.1 Å². The molecule has 5 rings (SSSR count). The second-order valence-electron chi connectivity index (χ2n) is 7.95. The predicted molar refractivity (Wildman–Crippen MR) is 133 cm³/mol. The first-order valence-electron chi connectivity index (χ1n) is 10.9. The topological polar surface area (TPSA) is 58.6 Å². The summed E-state index contributed by atoms with van der Waals surface area (Å²) < 4.78 is 19.3. The number of benzene rings is 2. The van der Waals surface area contributed by atoms with E-state index in [0.29, 0.717) is 28.5 Å². The molecule has 2 aromatic heterocycles. The van der Waals surface area contributed by atoms with Crippen LogP contribution in [-0.4, -0.2) is 59.0 Å². The Morgan fingerprint density at radius 2 is 1.82 bits per heavy atom. The molecule has 1 saturated heterocycles. The number of rotatable bonds is 6. The van der Waals surface area contributed by atoms with Gasteiger partial charge in [-0.3, -0.25) is 9.69 Å². The van der Waals surface area contributed by atoms with Gasteiger partial charge in [-0.15, -0.1) is 22.7 Å².